The molecule has 124 valence electrons. The first-order valence-electron chi connectivity index (χ1n) is 6.29. The quantitative estimate of drug-likeness (QED) is 0.591. The fourth-order valence-electron chi connectivity index (χ4n) is 2.11. The lowest BCUT2D eigenvalue weighted by Crippen LogP contribution is -2.28. The van der Waals surface area contributed by atoms with Crippen LogP contribution in [0.4, 0.5) is 13.2 Å². The number of alkyl halides is 3. The Labute approximate surface area is 131 Å². The Bertz CT molecular complexity index is 737. The maximum Gasteiger partial charge on any atom is 0.534 e. The minimum Gasteiger partial charge on any atom is -0.475 e. The third kappa shape index (κ3) is 2.76. The smallest absolute Gasteiger partial charge is 0.475 e. The van der Waals surface area contributed by atoms with Gasteiger partial charge in [0.05, 0.1) is 4.90 Å². The average molecular weight is 356 g/mol. The number of hydrogen-bond donors (Lipinski definition) is 0. The van der Waals surface area contributed by atoms with Crippen LogP contribution in [0.15, 0.2) is 4.90 Å². The van der Waals surface area contributed by atoms with Gasteiger partial charge in [-0.05, 0) is 45.7 Å². The summed E-state index contributed by atoms with van der Waals surface area (Å²) >= 11 is 1.31. The largest absolute Gasteiger partial charge is 0.534 e. The Morgan fingerprint density at radius 1 is 1.09 bits per heavy atom. The van der Waals surface area contributed by atoms with Gasteiger partial charge in [-0.2, -0.15) is 21.6 Å². The third-order valence-electron chi connectivity index (χ3n) is 3.30. The first-order valence-corrected chi connectivity index (χ1v) is 8.52. The molecule has 4 nitrogen and oxygen atoms in total. The fraction of sp³-hybridized carbons (Fsp3) is 0.538. The number of halogens is 3. The number of thioether (sulfide) groups is 1. The molecule has 0 aromatic heterocycles. The van der Waals surface area contributed by atoms with E-state index in [0.717, 1.165) is 0 Å². The van der Waals surface area contributed by atoms with E-state index in [4.69, 9.17) is 4.74 Å². The molecule has 0 amide bonds. The highest BCUT2D eigenvalue weighted by atomic mass is 32.2. The molecule has 1 aliphatic rings. The zero-order valence-electron chi connectivity index (χ0n) is 12.6. The van der Waals surface area contributed by atoms with Crippen LogP contribution in [0.25, 0.3) is 0 Å². The number of ether oxygens (including phenoxy) is 1. The highest BCUT2D eigenvalue weighted by Gasteiger charge is 2.49. The third-order valence-corrected chi connectivity index (χ3v) is 5.53. The maximum atomic E-state index is 12.5. The van der Waals surface area contributed by atoms with E-state index >= 15 is 0 Å². The summed E-state index contributed by atoms with van der Waals surface area (Å²) in [6.07, 6.45) is 0. The van der Waals surface area contributed by atoms with Gasteiger partial charge in [-0.15, -0.1) is 0 Å². The van der Waals surface area contributed by atoms with Crippen molar-refractivity contribution in [3.8, 4) is 11.5 Å². The van der Waals surface area contributed by atoms with Gasteiger partial charge in [0.2, 0.25) is 0 Å². The number of benzene rings is 1. The molecule has 0 saturated carbocycles. The van der Waals surface area contributed by atoms with Crippen LogP contribution >= 0.6 is 11.8 Å². The molecule has 2 rings (SSSR count). The van der Waals surface area contributed by atoms with Gasteiger partial charge in [-0.25, -0.2) is 0 Å². The van der Waals surface area contributed by atoms with Gasteiger partial charge in [0, 0.05) is 5.56 Å². The zero-order chi connectivity index (χ0) is 17.1. The van der Waals surface area contributed by atoms with Crippen molar-refractivity contribution in [1.29, 1.82) is 0 Å². The van der Waals surface area contributed by atoms with E-state index in [9.17, 15) is 21.6 Å². The van der Waals surface area contributed by atoms with Gasteiger partial charge in [-0.1, -0.05) is 11.8 Å². The van der Waals surface area contributed by atoms with Crippen molar-refractivity contribution in [2.45, 2.75) is 50.0 Å². The first kappa shape index (κ1) is 17.3. The van der Waals surface area contributed by atoms with Crippen molar-refractivity contribution >= 4 is 21.9 Å². The Morgan fingerprint density at radius 2 is 1.64 bits per heavy atom. The second kappa shape index (κ2) is 4.95. The molecule has 1 aromatic rings. The normalized spacial score (nSPS) is 17.1. The van der Waals surface area contributed by atoms with Crippen molar-refractivity contribution in [2.24, 2.45) is 0 Å². The van der Waals surface area contributed by atoms with Gasteiger partial charge in [0.25, 0.3) is 0 Å². The lowest BCUT2D eigenvalue weighted by Gasteiger charge is -2.18. The van der Waals surface area contributed by atoms with Crippen molar-refractivity contribution in [2.75, 3.05) is 0 Å². The summed E-state index contributed by atoms with van der Waals surface area (Å²) in [6.45, 7) is 8.31. The summed E-state index contributed by atoms with van der Waals surface area (Å²) in [5.41, 5.74) is -4.28. The summed E-state index contributed by atoms with van der Waals surface area (Å²) in [5, 5.41) is 0. The maximum absolute atomic E-state index is 12.5. The van der Waals surface area contributed by atoms with Gasteiger partial charge in [-0.3, -0.25) is 0 Å². The molecule has 9 heteroatoms. The number of hydrogen-bond acceptors (Lipinski definition) is 5. The van der Waals surface area contributed by atoms with Gasteiger partial charge < -0.3 is 8.92 Å². The second-order valence-electron chi connectivity index (χ2n) is 5.45. The molecule has 22 heavy (non-hydrogen) atoms. The highest BCUT2D eigenvalue weighted by Crippen LogP contribution is 2.54. The van der Waals surface area contributed by atoms with E-state index < -0.39 is 20.6 Å². The predicted molar refractivity (Wildman–Crippen MR) is 76.8 cm³/mol. The molecule has 0 spiro atoms. The van der Waals surface area contributed by atoms with Gasteiger partial charge >= 0.3 is 15.6 Å². The molecular weight excluding hydrogens is 341 g/mol. The lowest BCUT2D eigenvalue weighted by atomic mass is 10.0. The van der Waals surface area contributed by atoms with Gasteiger partial charge in [0.1, 0.15) is 11.5 Å². The Kier molecular flexibility index (Phi) is 3.89. The van der Waals surface area contributed by atoms with Crippen molar-refractivity contribution in [1.82, 2.24) is 0 Å². The summed E-state index contributed by atoms with van der Waals surface area (Å²) in [5.74, 6) is 0.268. The standard InChI is InChI=1S/C13H15F3O4S2/c1-6-7(2)10-11(21-12(4,5)19-10)8(3)9(6)20-22(17,18)13(14,15)16/h1-5H3. The van der Waals surface area contributed by atoms with Crippen LogP contribution in [0.2, 0.25) is 0 Å². The molecule has 0 aliphatic carbocycles. The topological polar surface area (TPSA) is 52.6 Å². The molecular formula is C13H15F3O4S2. The van der Waals surface area contributed by atoms with E-state index in [2.05, 4.69) is 4.18 Å². The van der Waals surface area contributed by atoms with E-state index in [1.807, 2.05) is 13.8 Å². The zero-order valence-corrected chi connectivity index (χ0v) is 14.2. The fourth-order valence-corrected chi connectivity index (χ4v) is 3.82. The van der Waals surface area contributed by atoms with Gasteiger partial charge in [0.15, 0.2) is 4.93 Å². The molecule has 1 aromatic carbocycles. The lowest BCUT2D eigenvalue weighted by molar-refractivity contribution is -0.0500. The Balaban J connectivity index is 2.60. The molecule has 1 heterocycles. The second-order valence-corrected chi connectivity index (χ2v) is 8.58. The van der Waals surface area contributed by atoms with E-state index in [-0.39, 0.29) is 5.75 Å². The average Bonchev–Trinajstić information content (AvgIpc) is 2.67. The van der Waals surface area contributed by atoms with E-state index in [1.54, 1.807) is 6.92 Å². The monoisotopic (exact) mass is 356 g/mol. The first-order chi connectivity index (χ1) is 9.77. The molecule has 0 fully saturated rings. The summed E-state index contributed by atoms with van der Waals surface area (Å²) < 4.78 is 70.3. The summed E-state index contributed by atoms with van der Waals surface area (Å²) in [4.78, 5) is 0.0201. The van der Waals surface area contributed by atoms with Crippen molar-refractivity contribution in [3.63, 3.8) is 0 Å². The highest BCUT2D eigenvalue weighted by molar-refractivity contribution is 8.00. The molecule has 0 unspecified atom stereocenters. The molecule has 1 aliphatic heterocycles. The minimum atomic E-state index is -5.71. The van der Waals surface area contributed by atoms with Crippen LogP contribution in [-0.4, -0.2) is 18.9 Å². The van der Waals surface area contributed by atoms with Crippen molar-refractivity contribution in [3.05, 3.63) is 16.7 Å². The Morgan fingerprint density at radius 3 is 2.14 bits per heavy atom. The Hall–Kier alpha value is -1.09. The number of rotatable bonds is 2. The van der Waals surface area contributed by atoms with E-state index in [0.29, 0.717) is 27.3 Å². The van der Waals surface area contributed by atoms with Crippen LogP contribution in [0, 0.1) is 20.8 Å². The summed E-state index contributed by atoms with van der Waals surface area (Å²) in [7, 11) is -5.71. The predicted octanol–water partition coefficient (Wildman–Crippen LogP) is 4.06. The van der Waals surface area contributed by atoms with Crippen LogP contribution in [0.1, 0.15) is 30.5 Å². The molecule has 0 saturated heterocycles. The summed E-state index contributed by atoms with van der Waals surface area (Å²) in [6, 6.07) is 0. The molecule has 0 N–H and O–H groups in total. The molecule has 0 bridgehead atoms. The minimum absolute atomic E-state index is 0.289. The van der Waals surface area contributed by atoms with E-state index in [1.165, 1.54) is 25.6 Å². The van der Waals surface area contributed by atoms with Crippen LogP contribution in [-0.2, 0) is 10.1 Å². The molecule has 0 atom stereocenters. The van der Waals surface area contributed by atoms with Crippen LogP contribution in [0.3, 0.4) is 0 Å². The SMILES string of the molecule is Cc1c(C)c2c(c(C)c1OS(=O)(=O)C(F)(F)F)SC(C)(C)O2. The molecule has 0 radical (unpaired) electrons. The number of fused-ring (bicyclic) bond motifs is 1. The van der Waals surface area contributed by atoms with Crippen LogP contribution < -0.4 is 8.92 Å². The van der Waals surface area contributed by atoms with Crippen molar-refractivity contribution < 1.29 is 30.5 Å². The van der Waals surface area contributed by atoms with Crippen LogP contribution in [0.5, 0.6) is 11.5 Å².